The van der Waals surface area contributed by atoms with Crippen molar-refractivity contribution in [1.82, 2.24) is 20.4 Å². The third kappa shape index (κ3) is 6.66. The summed E-state index contributed by atoms with van der Waals surface area (Å²) < 4.78 is 29.9. The van der Waals surface area contributed by atoms with Gasteiger partial charge in [0.15, 0.2) is 0 Å². The zero-order valence-corrected chi connectivity index (χ0v) is 20.2. The number of hydrogen-bond donors (Lipinski definition) is 2. The van der Waals surface area contributed by atoms with E-state index < -0.39 is 42.3 Å². The highest BCUT2D eigenvalue weighted by atomic mass is 19.3. The molecule has 1 aliphatic heterocycles. The lowest BCUT2D eigenvalue weighted by atomic mass is 9.74. The Bertz CT molecular complexity index is 906. The number of amides is 3. The molecular weight excluding hydrogens is 440 g/mol. The molecular formula is C25H35F2N5O2. The van der Waals surface area contributed by atoms with Gasteiger partial charge in [-0.25, -0.2) is 13.6 Å². The van der Waals surface area contributed by atoms with Gasteiger partial charge in [0.25, 0.3) is 5.92 Å². The summed E-state index contributed by atoms with van der Waals surface area (Å²) in [5.41, 5.74) is -0.546. The maximum atomic E-state index is 14.9. The number of rotatable bonds is 11. The number of nitrogens with one attached hydrogen (secondary N) is 2. The number of urea groups is 1. The molecule has 34 heavy (non-hydrogen) atoms. The number of halogens is 2. The largest absolute Gasteiger partial charge is 0.336 e. The van der Waals surface area contributed by atoms with Crippen LogP contribution in [0.3, 0.4) is 0 Å². The van der Waals surface area contributed by atoms with E-state index in [-0.39, 0.29) is 5.41 Å². The van der Waals surface area contributed by atoms with Crippen molar-refractivity contribution in [3.8, 4) is 6.07 Å². The van der Waals surface area contributed by atoms with Gasteiger partial charge >= 0.3 is 6.03 Å². The molecule has 1 aliphatic carbocycles. The van der Waals surface area contributed by atoms with Crippen LogP contribution in [0.4, 0.5) is 13.6 Å². The zero-order chi connectivity index (χ0) is 25.0. The maximum Gasteiger partial charge on any atom is 0.318 e. The number of carbonyl (C=O) groups excluding carboxylic acids is 2. The topological polar surface area (TPSA) is 88.5 Å². The van der Waals surface area contributed by atoms with E-state index >= 15 is 0 Å². The molecule has 9 heteroatoms. The number of nitriles is 1. The number of hydrogen-bond acceptors (Lipinski definition) is 4. The van der Waals surface area contributed by atoms with Crippen LogP contribution in [0, 0.1) is 16.7 Å². The van der Waals surface area contributed by atoms with E-state index in [4.69, 9.17) is 0 Å². The minimum atomic E-state index is -3.21. The van der Waals surface area contributed by atoms with Gasteiger partial charge in [-0.15, -0.1) is 0 Å². The van der Waals surface area contributed by atoms with Gasteiger partial charge in [0.2, 0.25) is 5.91 Å². The quantitative estimate of drug-likeness (QED) is 0.515. The van der Waals surface area contributed by atoms with Crippen LogP contribution in [0.1, 0.15) is 44.6 Å². The third-order valence-electron chi connectivity index (χ3n) is 6.93. The van der Waals surface area contributed by atoms with Gasteiger partial charge < -0.3 is 20.4 Å². The molecule has 2 fully saturated rings. The highest BCUT2D eigenvalue weighted by molar-refractivity contribution is 5.88. The number of likely N-dealkylation sites (tertiary alicyclic amines) is 1. The number of alkyl halides is 2. The summed E-state index contributed by atoms with van der Waals surface area (Å²) in [7, 11) is 4.00. The summed E-state index contributed by atoms with van der Waals surface area (Å²) in [5, 5.41) is 14.4. The second-order valence-electron chi connectivity index (χ2n) is 10.2. The van der Waals surface area contributed by atoms with Crippen molar-refractivity contribution in [3.05, 3.63) is 35.9 Å². The molecule has 0 aromatic heterocycles. The molecule has 0 radical (unpaired) electrons. The molecule has 7 nitrogen and oxygen atoms in total. The molecule has 1 atom stereocenters. The van der Waals surface area contributed by atoms with Gasteiger partial charge in [0, 0.05) is 31.3 Å². The minimum absolute atomic E-state index is 0.00942. The lowest BCUT2D eigenvalue weighted by molar-refractivity contribution is -0.126. The average molecular weight is 476 g/mol. The number of benzene rings is 1. The van der Waals surface area contributed by atoms with E-state index in [2.05, 4.69) is 22.5 Å². The molecule has 0 unspecified atom stereocenters. The van der Waals surface area contributed by atoms with E-state index in [1.165, 1.54) is 0 Å². The molecule has 2 N–H and O–H groups in total. The van der Waals surface area contributed by atoms with Crippen LogP contribution in [0.15, 0.2) is 30.3 Å². The standard InChI is InChI=1S/C25H35F2N5O2/c1-4-23(12-13-31(2)3)17-32(18-23)22(34)29-20(21(33)30-24(16-28)10-11-24)15-25(26,27)14-19-8-6-5-7-9-19/h5-9,20H,4,10-15,17-18H2,1-3H3,(H,29,34)(H,30,33)/t20-/m0/s1. The van der Waals surface area contributed by atoms with Crippen molar-refractivity contribution in [1.29, 1.82) is 5.26 Å². The molecule has 1 aromatic carbocycles. The summed E-state index contributed by atoms with van der Waals surface area (Å²) in [6.45, 7) is 4.04. The van der Waals surface area contributed by atoms with Crippen LogP contribution in [-0.4, -0.2) is 73.0 Å². The van der Waals surface area contributed by atoms with Crippen molar-refractivity contribution < 1.29 is 18.4 Å². The molecule has 1 heterocycles. The van der Waals surface area contributed by atoms with Crippen molar-refractivity contribution in [2.45, 2.75) is 63.0 Å². The van der Waals surface area contributed by atoms with Crippen molar-refractivity contribution in [3.63, 3.8) is 0 Å². The first kappa shape index (κ1) is 25.9. The maximum absolute atomic E-state index is 14.9. The predicted octanol–water partition coefficient (Wildman–Crippen LogP) is 3.17. The van der Waals surface area contributed by atoms with E-state index in [0.29, 0.717) is 31.5 Å². The summed E-state index contributed by atoms with van der Waals surface area (Å²) in [5.74, 6) is -3.96. The third-order valence-corrected chi connectivity index (χ3v) is 6.93. The predicted molar refractivity (Wildman–Crippen MR) is 125 cm³/mol. The molecule has 3 rings (SSSR count). The SMILES string of the molecule is CCC1(CCN(C)C)CN(C(=O)N[C@@H](CC(F)(F)Cc2ccccc2)C(=O)NC2(C#N)CC2)C1. The Morgan fingerprint density at radius 1 is 1.24 bits per heavy atom. The normalized spacial score (nSPS) is 19.0. The van der Waals surface area contributed by atoms with E-state index in [1.54, 1.807) is 35.2 Å². The highest BCUT2D eigenvalue weighted by Gasteiger charge is 2.48. The monoisotopic (exact) mass is 475 g/mol. The van der Waals surface area contributed by atoms with Crippen LogP contribution in [0.25, 0.3) is 0 Å². The summed E-state index contributed by atoms with van der Waals surface area (Å²) in [4.78, 5) is 29.4. The highest BCUT2D eigenvalue weighted by Crippen LogP contribution is 2.38. The van der Waals surface area contributed by atoms with Crippen molar-refractivity contribution >= 4 is 11.9 Å². The number of nitrogens with zero attached hydrogens (tertiary/aromatic N) is 3. The Balaban J connectivity index is 1.65. The van der Waals surface area contributed by atoms with E-state index in [9.17, 15) is 23.6 Å². The van der Waals surface area contributed by atoms with Gasteiger partial charge in [-0.2, -0.15) is 5.26 Å². The first-order chi connectivity index (χ1) is 16.0. The Labute approximate surface area is 200 Å². The molecule has 1 saturated heterocycles. The number of carbonyl (C=O) groups is 2. The molecule has 0 bridgehead atoms. The Morgan fingerprint density at radius 2 is 1.88 bits per heavy atom. The first-order valence-electron chi connectivity index (χ1n) is 11.9. The summed E-state index contributed by atoms with van der Waals surface area (Å²) >= 11 is 0. The van der Waals surface area contributed by atoms with Crippen LogP contribution in [-0.2, 0) is 11.2 Å². The smallest absolute Gasteiger partial charge is 0.318 e. The molecule has 186 valence electrons. The van der Waals surface area contributed by atoms with Gasteiger partial charge in [0.05, 0.1) is 6.07 Å². The molecule has 3 amide bonds. The van der Waals surface area contributed by atoms with Crippen molar-refractivity contribution in [2.75, 3.05) is 33.7 Å². The van der Waals surface area contributed by atoms with Crippen molar-refractivity contribution in [2.24, 2.45) is 5.41 Å². The van der Waals surface area contributed by atoms with Gasteiger partial charge in [-0.3, -0.25) is 4.79 Å². The molecule has 0 spiro atoms. The van der Waals surface area contributed by atoms with Gasteiger partial charge in [-0.1, -0.05) is 37.3 Å². The van der Waals surface area contributed by atoms with Crippen LogP contribution in [0.5, 0.6) is 0 Å². The molecule has 1 saturated carbocycles. The first-order valence-corrected chi connectivity index (χ1v) is 11.9. The molecule has 1 aromatic rings. The minimum Gasteiger partial charge on any atom is -0.336 e. The second kappa shape index (κ2) is 10.3. The fraction of sp³-hybridized carbons (Fsp3) is 0.640. The summed E-state index contributed by atoms with van der Waals surface area (Å²) in [6.07, 6.45) is 1.43. The van der Waals surface area contributed by atoms with Gasteiger partial charge in [-0.05, 0) is 51.9 Å². The van der Waals surface area contributed by atoms with Gasteiger partial charge in [0.1, 0.15) is 11.6 Å². The second-order valence-corrected chi connectivity index (χ2v) is 10.2. The Kier molecular flexibility index (Phi) is 7.81. The average Bonchev–Trinajstić information content (AvgIpc) is 3.52. The lowest BCUT2D eigenvalue weighted by Gasteiger charge is -2.50. The fourth-order valence-corrected chi connectivity index (χ4v) is 4.35. The summed E-state index contributed by atoms with van der Waals surface area (Å²) in [6, 6.07) is 8.40. The van der Waals surface area contributed by atoms with Crippen LogP contribution in [0.2, 0.25) is 0 Å². The van der Waals surface area contributed by atoms with E-state index in [0.717, 1.165) is 19.4 Å². The van der Waals surface area contributed by atoms with Crippen LogP contribution < -0.4 is 10.6 Å². The zero-order valence-electron chi connectivity index (χ0n) is 20.2. The van der Waals surface area contributed by atoms with Crippen LogP contribution >= 0.6 is 0 Å². The Morgan fingerprint density at radius 3 is 2.41 bits per heavy atom. The lowest BCUT2D eigenvalue weighted by Crippen LogP contribution is -2.63. The van der Waals surface area contributed by atoms with E-state index in [1.807, 2.05) is 20.2 Å². The fourth-order valence-electron chi connectivity index (χ4n) is 4.35. The molecule has 2 aliphatic rings. The Hall–Kier alpha value is -2.73.